The standard InChI is InChI=1S/C14H17N3O2/c1-16-7-5-10(6-8-16)11-9-17-12(14(18)19)3-2-4-13(17)15-11/h2-4,9-10H,5-8H2,1H3,(H,18,19). The molecule has 19 heavy (non-hydrogen) atoms. The van der Waals surface area contributed by atoms with Gasteiger partial charge in [-0.2, -0.15) is 0 Å². The number of hydrogen-bond donors (Lipinski definition) is 1. The number of piperidine rings is 1. The second-order valence-electron chi connectivity index (χ2n) is 5.19. The Kier molecular flexibility index (Phi) is 2.98. The minimum Gasteiger partial charge on any atom is -0.477 e. The second-order valence-corrected chi connectivity index (χ2v) is 5.19. The van der Waals surface area contributed by atoms with Crippen LogP contribution in [-0.4, -0.2) is 45.5 Å². The quantitative estimate of drug-likeness (QED) is 0.894. The number of hydrogen-bond acceptors (Lipinski definition) is 3. The van der Waals surface area contributed by atoms with Crippen molar-refractivity contribution >= 4 is 11.6 Å². The lowest BCUT2D eigenvalue weighted by molar-refractivity contribution is 0.0689. The first kappa shape index (κ1) is 12.2. The second kappa shape index (κ2) is 4.66. The van der Waals surface area contributed by atoms with E-state index in [-0.39, 0.29) is 5.69 Å². The minimum absolute atomic E-state index is 0.268. The van der Waals surface area contributed by atoms with E-state index >= 15 is 0 Å². The zero-order valence-electron chi connectivity index (χ0n) is 10.9. The first-order valence-electron chi connectivity index (χ1n) is 6.55. The summed E-state index contributed by atoms with van der Waals surface area (Å²) in [6.07, 6.45) is 4.06. The van der Waals surface area contributed by atoms with E-state index in [4.69, 9.17) is 0 Å². The van der Waals surface area contributed by atoms with Crippen LogP contribution in [0.2, 0.25) is 0 Å². The summed E-state index contributed by atoms with van der Waals surface area (Å²) >= 11 is 0. The highest BCUT2D eigenvalue weighted by Gasteiger charge is 2.21. The van der Waals surface area contributed by atoms with E-state index in [0.717, 1.165) is 31.6 Å². The highest BCUT2D eigenvalue weighted by molar-refractivity contribution is 5.86. The molecule has 3 rings (SSSR count). The van der Waals surface area contributed by atoms with Crippen LogP contribution in [0.15, 0.2) is 24.4 Å². The molecular formula is C14H17N3O2. The van der Waals surface area contributed by atoms with Gasteiger partial charge in [0.2, 0.25) is 0 Å². The van der Waals surface area contributed by atoms with E-state index in [1.54, 1.807) is 16.5 Å². The van der Waals surface area contributed by atoms with Gasteiger partial charge in [-0.15, -0.1) is 0 Å². The third kappa shape index (κ3) is 2.21. The van der Waals surface area contributed by atoms with E-state index in [2.05, 4.69) is 16.9 Å². The number of aromatic carboxylic acids is 1. The van der Waals surface area contributed by atoms with Crippen LogP contribution in [0.25, 0.3) is 5.65 Å². The summed E-state index contributed by atoms with van der Waals surface area (Å²) in [7, 11) is 2.13. The molecule has 100 valence electrons. The Bertz CT molecular complexity index is 612. The Morgan fingerprint density at radius 2 is 2.11 bits per heavy atom. The average Bonchev–Trinajstić information content (AvgIpc) is 2.82. The molecule has 1 aliphatic rings. The number of imidazole rings is 1. The summed E-state index contributed by atoms with van der Waals surface area (Å²) in [5.74, 6) is -0.476. The summed E-state index contributed by atoms with van der Waals surface area (Å²) in [5, 5.41) is 9.18. The molecule has 0 aromatic carbocycles. The summed E-state index contributed by atoms with van der Waals surface area (Å²) in [4.78, 5) is 18.1. The molecule has 1 fully saturated rings. The monoisotopic (exact) mass is 259 g/mol. The van der Waals surface area contributed by atoms with Gasteiger partial charge in [0.1, 0.15) is 11.3 Å². The molecule has 0 atom stereocenters. The number of nitrogens with zero attached hydrogens (tertiary/aromatic N) is 3. The lowest BCUT2D eigenvalue weighted by Gasteiger charge is -2.27. The van der Waals surface area contributed by atoms with Crippen LogP contribution in [0.1, 0.15) is 34.9 Å². The first-order chi connectivity index (χ1) is 9.15. The molecule has 1 aliphatic heterocycles. The molecule has 0 amide bonds. The maximum absolute atomic E-state index is 11.2. The molecule has 5 nitrogen and oxygen atoms in total. The third-order valence-corrected chi connectivity index (χ3v) is 3.87. The maximum Gasteiger partial charge on any atom is 0.352 e. The highest BCUT2D eigenvalue weighted by Crippen LogP contribution is 2.27. The molecule has 2 aromatic rings. The van der Waals surface area contributed by atoms with E-state index in [1.807, 2.05) is 12.3 Å². The van der Waals surface area contributed by atoms with Gasteiger partial charge in [-0.3, -0.25) is 4.40 Å². The largest absolute Gasteiger partial charge is 0.477 e. The van der Waals surface area contributed by atoms with Gasteiger partial charge in [0.25, 0.3) is 0 Å². The molecule has 0 saturated carbocycles. The van der Waals surface area contributed by atoms with Crippen LogP contribution in [0.4, 0.5) is 0 Å². The molecule has 0 spiro atoms. The van der Waals surface area contributed by atoms with Crippen molar-refractivity contribution in [2.75, 3.05) is 20.1 Å². The smallest absolute Gasteiger partial charge is 0.352 e. The van der Waals surface area contributed by atoms with E-state index in [9.17, 15) is 9.90 Å². The van der Waals surface area contributed by atoms with Gasteiger partial charge in [-0.25, -0.2) is 9.78 Å². The number of carboxylic acid groups (broad SMARTS) is 1. The number of carbonyl (C=O) groups is 1. The van der Waals surface area contributed by atoms with Gasteiger partial charge in [0, 0.05) is 12.1 Å². The Morgan fingerprint density at radius 3 is 2.79 bits per heavy atom. The summed E-state index contributed by atoms with van der Waals surface area (Å²) in [6, 6.07) is 5.20. The zero-order valence-corrected chi connectivity index (χ0v) is 10.9. The summed E-state index contributed by atoms with van der Waals surface area (Å²) < 4.78 is 1.68. The lowest BCUT2D eigenvalue weighted by atomic mass is 9.94. The van der Waals surface area contributed by atoms with Crippen molar-refractivity contribution < 1.29 is 9.90 Å². The van der Waals surface area contributed by atoms with Gasteiger partial charge >= 0.3 is 5.97 Å². The minimum atomic E-state index is -0.919. The molecule has 0 unspecified atom stereocenters. The normalized spacial score (nSPS) is 17.9. The predicted octanol–water partition coefficient (Wildman–Crippen LogP) is 1.84. The van der Waals surface area contributed by atoms with Crippen molar-refractivity contribution in [1.82, 2.24) is 14.3 Å². The van der Waals surface area contributed by atoms with Gasteiger partial charge < -0.3 is 10.0 Å². The number of fused-ring (bicyclic) bond motifs is 1. The maximum atomic E-state index is 11.2. The van der Waals surface area contributed by atoms with Crippen LogP contribution in [0, 0.1) is 0 Å². The van der Waals surface area contributed by atoms with Crippen LogP contribution in [-0.2, 0) is 0 Å². The van der Waals surface area contributed by atoms with Gasteiger partial charge in [-0.1, -0.05) is 6.07 Å². The molecule has 1 N–H and O–H groups in total. The summed E-state index contributed by atoms with van der Waals surface area (Å²) in [5.41, 5.74) is 2.00. The van der Waals surface area contributed by atoms with Crippen molar-refractivity contribution in [3.8, 4) is 0 Å². The predicted molar refractivity (Wildman–Crippen MR) is 71.6 cm³/mol. The van der Waals surface area contributed by atoms with E-state index in [1.165, 1.54) is 0 Å². The third-order valence-electron chi connectivity index (χ3n) is 3.87. The van der Waals surface area contributed by atoms with Crippen molar-refractivity contribution in [2.24, 2.45) is 0 Å². The van der Waals surface area contributed by atoms with Gasteiger partial charge in [0.15, 0.2) is 0 Å². The Labute approximate surface area is 111 Å². The number of carboxylic acids is 1. The Hall–Kier alpha value is -1.88. The SMILES string of the molecule is CN1CCC(c2cn3c(C(=O)O)cccc3n2)CC1. The van der Waals surface area contributed by atoms with Crippen molar-refractivity contribution in [3.63, 3.8) is 0 Å². The highest BCUT2D eigenvalue weighted by atomic mass is 16.4. The van der Waals surface area contributed by atoms with Crippen LogP contribution >= 0.6 is 0 Å². The molecule has 0 aliphatic carbocycles. The van der Waals surface area contributed by atoms with Crippen LogP contribution in [0.5, 0.6) is 0 Å². The fraction of sp³-hybridized carbons (Fsp3) is 0.429. The molecule has 0 radical (unpaired) electrons. The average molecular weight is 259 g/mol. The van der Waals surface area contributed by atoms with Gasteiger partial charge in [0.05, 0.1) is 5.69 Å². The molecule has 3 heterocycles. The number of pyridine rings is 1. The van der Waals surface area contributed by atoms with Crippen molar-refractivity contribution in [3.05, 3.63) is 35.8 Å². The number of rotatable bonds is 2. The lowest BCUT2D eigenvalue weighted by Crippen LogP contribution is -2.29. The number of likely N-dealkylation sites (tertiary alicyclic amines) is 1. The fourth-order valence-electron chi connectivity index (χ4n) is 2.70. The molecule has 0 bridgehead atoms. The van der Waals surface area contributed by atoms with Crippen LogP contribution < -0.4 is 0 Å². The Morgan fingerprint density at radius 1 is 1.37 bits per heavy atom. The topological polar surface area (TPSA) is 57.8 Å². The van der Waals surface area contributed by atoms with Crippen molar-refractivity contribution in [1.29, 1.82) is 0 Å². The summed E-state index contributed by atoms with van der Waals surface area (Å²) in [6.45, 7) is 2.15. The molecule has 1 saturated heterocycles. The Balaban J connectivity index is 1.98. The first-order valence-corrected chi connectivity index (χ1v) is 6.55. The molecule has 2 aromatic heterocycles. The fourth-order valence-corrected chi connectivity index (χ4v) is 2.70. The van der Waals surface area contributed by atoms with Crippen molar-refractivity contribution in [2.45, 2.75) is 18.8 Å². The van der Waals surface area contributed by atoms with Crippen LogP contribution in [0.3, 0.4) is 0 Å². The molecule has 5 heteroatoms. The zero-order chi connectivity index (χ0) is 13.4. The van der Waals surface area contributed by atoms with E-state index in [0.29, 0.717) is 11.6 Å². The molecular weight excluding hydrogens is 242 g/mol. The van der Waals surface area contributed by atoms with Gasteiger partial charge in [-0.05, 0) is 45.1 Å². The number of aromatic nitrogens is 2. The van der Waals surface area contributed by atoms with E-state index < -0.39 is 5.97 Å².